The zero-order chi connectivity index (χ0) is 25.9. The normalized spacial score (nSPS) is 20.0. The van der Waals surface area contributed by atoms with Gasteiger partial charge in [-0.1, -0.05) is 17.7 Å². The summed E-state index contributed by atoms with van der Waals surface area (Å²) in [5.41, 5.74) is 2.27. The fourth-order valence-corrected chi connectivity index (χ4v) is 5.04. The number of amides is 3. The fourth-order valence-electron chi connectivity index (χ4n) is 4.73. The van der Waals surface area contributed by atoms with Crippen molar-refractivity contribution in [2.24, 2.45) is 5.92 Å². The number of carbonyl (C=O) groups is 3. The van der Waals surface area contributed by atoms with E-state index in [1.807, 2.05) is 12.1 Å². The van der Waals surface area contributed by atoms with Crippen LogP contribution in [0, 0.1) is 5.92 Å². The van der Waals surface area contributed by atoms with Crippen molar-refractivity contribution in [3.63, 3.8) is 0 Å². The van der Waals surface area contributed by atoms with Gasteiger partial charge in [-0.25, -0.2) is 9.78 Å². The summed E-state index contributed by atoms with van der Waals surface area (Å²) in [7, 11) is 1.56. The summed E-state index contributed by atoms with van der Waals surface area (Å²) < 4.78 is 16.4. The molecule has 2 aliphatic heterocycles. The molecule has 2 atom stereocenters. The quantitative estimate of drug-likeness (QED) is 0.420. The average molecular weight is 530 g/mol. The van der Waals surface area contributed by atoms with Crippen LogP contribution < -0.4 is 30.3 Å². The number of aromatic nitrogens is 1. The SMILES string of the molecule is CNC(=O)COc1ccc2c(c1Cl)CC(CNCCC1CN(c3ccc4c(n3)NC(=O)CO4)C(=O)O1)C2. The minimum absolute atomic E-state index is 0.0522. The van der Waals surface area contributed by atoms with E-state index in [4.69, 9.17) is 25.8 Å². The Bertz CT molecular complexity index is 1220. The first-order chi connectivity index (χ1) is 17.9. The third-order valence-corrected chi connectivity index (χ3v) is 7.05. The van der Waals surface area contributed by atoms with Crippen LogP contribution >= 0.6 is 11.6 Å². The molecule has 1 aromatic carbocycles. The molecule has 3 amide bonds. The molecule has 1 saturated heterocycles. The molecule has 1 aromatic heterocycles. The molecule has 1 aliphatic carbocycles. The Labute approximate surface area is 218 Å². The monoisotopic (exact) mass is 529 g/mol. The Morgan fingerprint density at radius 3 is 2.97 bits per heavy atom. The first kappa shape index (κ1) is 25.1. The third kappa shape index (κ3) is 5.57. The summed E-state index contributed by atoms with van der Waals surface area (Å²) >= 11 is 6.55. The summed E-state index contributed by atoms with van der Waals surface area (Å²) in [5.74, 6) is 1.60. The molecule has 2 unspecified atom stereocenters. The van der Waals surface area contributed by atoms with Crippen LogP contribution in [0.15, 0.2) is 24.3 Å². The molecule has 0 saturated carbocycles. The standard InChI is InChI=1S/C25H28ClN5O6/c1-27-21(32)12-35-18-3-2-15-8-14(9-17(15)23(18)26)10-28-7-6-16-11-31(25(34)37-16)20-5-4-19-24(29-20)30-22(33)13-36-19/h2-5,14,16,28H,6-13H2,1H3,(H,27,32)(H,29,30,33). The van der Waals surface area contributed by atoms with Crippen LogP contribution in [0.3, 0.4) is 0 Å². The summed E-state index contributed by atoms with van der Waals surface area (Å²) in [5, 5.41) is 9.21. The molecule has 37 heavy (non-hydrogen) atoms. The Hall–Kier alpha value is -3.57. The summed E-state index contributed by atoms with van der Waals surface area (Å²) in [6.07, 6.45) is 1.67. The molecule has 0 spiro atoms. The van der Waals surface area contributed by atoms with Crippen LogP contribution in [0.4, 0.5) is 16.4 Å². The Morgan fingerprint density at radius 2 is 2.14 bits per heavy atom. The van der Waals surface area contributed by atoms with Crippen LogP contribution in [0.25, 0.3) is 0 Å². The fraction of sp³-hybridized carbons (Fsp3) is 0.440. The van der Waals surface area contributed by atoms with Gasteiger partial charge in [0.2, 0.25) is 0 Å². The van der Waals surface area contributed by atoms with E-state index in [-0.39, 0.29) is 31.1 Å². The molecule has 5 rings (SSSR count). The van der Waals surface area contributed by atoms with Crippen molar-refractivity contribution in [1.29, 1.82) is 0 Å². The van der Waals surface area contributed by atoms with E-state index in [2.05, 4.69) is 20.9 Å². The predicted octanol–water partition coefficient (Wildman–Crippen LogP) is 1.91. The van der Waals surface area contributed by atoms with E-state index < -0.39 is 6.09 Å². The Morgan fingerprint density at radius 1 is 1.27 bits per heavy atom. The van der Waals surface area contributed by atoms with Crippen molar-refractivity contribution in [1.82, 2.24) is 15.6 Å². The highest BCUT2D eigenvalue weighted by atomic mass is 35.5. The van der Waals surface area contributed by atoms with E-state index in [1.54, 1.807) is 19.2 Å². The number of hydrogen-bond donors (Lipinski definition) is 3. The lowest BCUT2D eigenvalue weighted by atomic mass is 10.1. The highest BCUT2D eigenvalue weighted by molar-refractivity contribution is 6.33. The van der Waals surface area contributed by atoms with Crippen molar-refractivity contribution in [2.75, 3.05) is 50.1 Å². The number of benzene rings is 1. The first-order valence-electron chi connectivity index (χ1n) is 12.2. The average Bonchev–Trinajstić information content (AvgIpc) is 3.49. The number of halogens is 1. The Balaban J connectivity index is 1.08. The van der Waals surface area contributed by atoms with Gasteiger partial charge in [0, 0.05) is 7.05 Å². The van der Waals surface area contributed by atoms with E-state index in [0.717, 1.165) is 24.9 Å². The van der Waals surface area contributed by atoms with Gasteiger partial charge in [0.1, 0.15) is 17.7 Å². The minimum Gasteiger partial charge on any atom is -0.482 e. The predicted molar refractivity (Wildman–Crippen MR) is 135 cm³/mol. The van der Waals surface area contributed by atoms with Crippen molar-refractivity contribution in [2.45, 2.75) is 25.4 Å². The van der Waals surface area contributed by atoms with Crippen molar-refractivity contribution >= 4 is 41.1 Å². The zero-order valence-electron chi connectivity index (χ0n) is 20.3. The van der Waals surface area contributed by atoms with E-state index >= 15 is 0 Å². The topological polar surface area (TPSA) is 131 Å². The lowest BCUT2D eigenvalue weighted by Crippen LogP contribution is -2.30. The van der Waals surface area contributed by atoms with Gasteiger partial charge in [0.05, 0.1) is 11.6 Å². The van der Waals surface area contributed by atoms with Crippen molar-refractivity contribution in [3.8, 4) is 11.5 Å². The number of anilines is 2. The van der Waals surface area contributed by atoms with Gasteiger partial charge in [-0.15, -0.1) is 0 Å². The third-order valence-electron chi connectivity index (χ3n) is 6.63. The molecule has 11 nitrogen and oxygen atoms in total. The number of pyridine rings is 1. The van der Waals surface area contributed by atoms with Gasteiger partial charge in [0.25, 0.3) is 11.8 Å². The largest absolute Gasteiger partial charge is 0.482 e. The maximum atomic E-state index is 12.4. The van der Waals surface area contributed by atoms with E-state index in [1.165, 1.54) is 10.5 Å². The van der Waals surface area contributed by atoms with Crippen molar-refractivity contribution < 1.29 is 28.6 Å². The van der Waals surface area contributed by atoms with Gasteiger partial charge >= 0.3 is 6.09 Å². The molecule has 3 aliphatic rings. The summed E-state index contributed by atoms with van der Waals surface area (Å²) in [6.45, 7) is 1.74. The second-order valence-corrected chi connectivity index (χ2v) is 9.59. The summed E-state index contributed by atoms with van der Waals surface area (Å²) in [6, 6.07) is 7.19. The highest BCUT2D eigenvalue weighted by Crippen LogP contribution is 2.38. The van der Waals surface area contributed by atoms with Gasteiger partial charge in [-0.05, 0) is 67.6 Å². The second-order valence-electron chi connectivity index (χ2n) is 9.21. The lowest BCUT2D eigenvalue weighted by molar-refractivity contribution is -0.122. The molecule has 3 heterocycles. The van der Waals surface area contributed by atoms with Crippen LogP contribution in [0.5, 0.6) is 11.5 Å². The molecule has 12 heteroatoms. The molecule has 1 fully saturated rings. The number of rotatable bonds is 9. The smallest absolute Gasteiger partial charge is 0.415 e. The van der Waals surface area contributed by atoms with Gasteiger partial charge in [-0.2, -0.15) is 0 Å². The minimum atomic E-state index is -0.462. The molecule has 0 radical (unpaired) electrons. The van der Waals surface area contributed by atoms with E-state index in [9.17, 15) is 14.4 Å². The number of nitrogens with one attached hydrogen (secondary N) is 3. The van der Waals surface area contributed by atoms with Crippen LogP contribution in [-0.2, 0) is 27.2 Å². The number of ether oxygens (including phenoxy) is 3. The lowest BCUT2D eigenvalue weighted by Gasteiger charge is -2.19. The molecule has 196 valence electrons. The number of nitrogens with zero attached hydrogens (tertiary/aromatic N) is 2. The van der Waals surface area contributed by atoms with E-state index in [0.29, 0.717) is 53.6 Å². The second kappa shape index (κ2) is 10.8. The summed E-state index contributed by atoms with van der Waals surface area (Å²) in [4.78, 5) is 41.3. The first-order valence-corrected chi connectivity index (χ1v) is 12.5. The molecular formula is C25H28ClN5O6. The number of likely N-dealkylation sites (N-methyl/N-ethyl adjacent to an activating group) is 1. The highest BCUT2D eigenvalue weighted by Gasteiger charge is 2.34. The number of fused-ring (bicyclic) bond motifs is 2. The maximum Gasteiger partial charge on any atom is 0.415 e. The van der Waals surface area contributed by atoms with Crippen LogP contribution in [0.2, 0.25) is 5.02 Å². The van der Waals surface area contributed by atoms with Crippen LogP contribution in [-0.4, -0.2) is 68.9 Å². The number of cyclic esters (lactones) is 1. The van der Waals surface area contributed by atoms with Crippen LogP contribution in [0.1, 0.15) is 17.5 Å². The number of carbonyl (C=O) groups excluding carboxylic acids is 3. The van der Waals surface area contributed by atoms with Gasteiger partial charge in [0.15, 0.2) is 24.8 Å². The molecular weight excluding hydrogens is 502 g/mol. The number of hydrogen-bond acceptors (Lipinski definition) is 8. The Kier molecular flexibility index (Phi) is 7.33. The van der Waals surface area contributed by atoms with Gasteiger partial charge < -0.3 is 30.2 Å². The van der Waals surface area contributed by atoms with Crippen molar-refractivity contribution in [3.05, 3.63) is 40.4 Å². The zero-order valence-corrected chi connectivity index (χ0v) is 21.1. The molecule has 2 aromatic rings. The molecule has 0 bridgehead atoms. The molecule has 3 N–H and O–H groups in total. The maximum absolute atomic E-state index is 12.4. The van der Waals surface area contributed by atoms with Gasteiger partial charge in [-0.3, -0.25) is 14.5 Å².